The fourth-order valence-electron chi connectivity index (χ4n) is 1.49. The van der Waals surface area contributed by atoms with Crippen LogP contribution in [0.2, 0.25) is 0 Å². The van der Waals surface area contributed by atoms with Crippen LogP contribution >= 0.6 is 31.9 Å². The van der Waals surface area contributed by atoms with Crippen LogP contribution in [0.1, 0.15) is 0 Å². The summed E-state index contributed by atoms with van der Waals surface area (Å²) in [5, 5.41) is 0. The Morgan fingerprint density at radius 2 is 1.89 bits per heavy atom. The van der Waals surface area contributed by atoms with Gasteiger partial charge in [-0.25, -0.2) is 13.4 Å². The summed E-state index contributed by atoms with van der Waals surface area (Å²) in [4.78, 5) is 4.23. The first kappa shape index (κ1) is 14.5. The van der Waals surface area contributed by atoms with E-state index < -0.39 is 10.0 Å². The van der Waals surface area contributed by atoms with Gasteiger partial charge in [0.1, 0.15) is 10.7 Å². The lowest BCUT2D eigenvalue weighted by Gasteiger charge is -2.19. The summed E-state index contributed by atoms with van der Waals surface area (Å²) < 4.78 is 27.4. The number of pyridine rings is 1. The first-order valence-corrected chi connectivity index (χ1v) is 8.30. The van der Waals surface area contributed by atoms with Crippen molar-refractivity contribution in [3.63, 3.8) is 0 Å². The highest BCUT2D eigenvalue weighted by Gasteiger charge is 2.24. The van der Waals surface area contributed by atoms with E-state index in [2.05, 4.69) is 36.8 Å². The normalized spacial score (nSPS) is 11.3. The molecule has 0 saturated heterocycles. The van der Waals surface area contributed by atoms with E-state index in [0.29, 0.717) is 14.8 Å². The van der Waals surface area contributed by atoms with Crippen molar-refractivity contribution in [1.82, 2.24) is 4.98 Å². The SMILES string of the molecule is CN(c1ccccn1)S(=O)(=O)c1cc(Br)ccc1Br. The fraction of sp³-hybridized carbons (Fsp3) is 0.0833. The van der Waals surface area contributed by atoms with Gasteiger partial charge < -0.3 is 0 Å². The van der Waals surface area contributed by atoms with Crippen LogP contribution in [0.3, 0.4) is 0 Å². The highest BCUT2D eigenvalue weighted by molar-refractivity contribution is 9.11. The molecule has 100 valence electrons. The predicted octanol–water partition coefficient (Wildman–Crippen LogP) is 3.43. The number of rotatable bonds is 3. The first-order chi connectivity index (χ1) is 8.93. The topological polar surface area (TPSA) is 50.3 Å². The molecule has 0 bridgehead atoms. The van der Waals surface area contributed by atoms with Gasteiger partial charge in [-0.1, -0.05) is 22.0 Å². The minimum Gasteiger partial charge on any atom is -0.253 e. The number of hydrogen-bond acceptors (Lipinski definition) is 3. The third-order valence-electron chi connectivity index (χ3n) is 2.50. The molecule has 1 heterocycles. The highest BCUT2D eigenvalue weighted by atomic mass is 79.9. The van der Waals surface area contributed by atoms with Gasteiger partial charge in [0, 0.05) is 22.2 Å². The molecule has 2 aromatic rings. The number of aromatic nitrogens is 1. The van der Waals surface area contributed by atoms with E-state index in [4.69, 9.17) is 0 Å². The van der Waals surface area contributed by atoms with E-state index in [1.807, 2.05) is 0 Å². The largest absolute Gasteiger partial charge is 0.266 e. The Hall–Kier alpha value is -0.920. The molecule has 0 spiro atoms. The lowest BCUT2D eigenvalue weighted by molar-refractivity contribution is 0.593. The molecule has 0 amide bonds. The molecular weight excluding hydrogens is 396 g/mol. The van der Waals surface area contributed by atoms with Crippen LogP contribution < -0.4 is 4.31 Å². The molecule has 0 aliphatic heterocycles. The van der Waals surface area contributed by atoms with Crippen LogP contribution in [-0.4, -0.2) is 20.4 Å². The Morgan fingerprint density at radius 3 is 2.53 bits per heavy atom. The van der Waals surface area contributed by atoms with Gasteiger partial charge in [-0.2, -0.15) is 0 Å². The summed E-state index contributed by atoms with van der Waals surface area (Å²) in [6.45, 7) is 0. The second kappa shape index (κ2) is 5.60. The molecular formula is C12H10Br2N2O2S. The molecule has 1 aromatic heterocycles. The quantitative estimate of drug-likeness (QED) is 0.785. The Morgan fingerprint density at radius 1 is 1.16 bits per heavy atom. The molecule has 1 aromatic carbocycles. The van der Waals surface area contributed by atoms with Crippen LogP contribution in [0.25, 0.3) is 0 Å². The summed E-state index contributed by atoms with van der Waals surface area (Å²) >= 11 is 6.53. The zero-order chi connectivity index (χ0) is 14.0. The second-order valence-electron chi connectivity index (χ2n) is 3.74. The minimum atomic E-state index is -3.65. The van der Waals surface area contributed by atoms with Crippen LogP contribution in [0.5, 0.6) is 0 Å². The summed E-state index contributed by atoms with van der Waals surface area (Å²) in [7, 11) is -2.17. The van der Waals surface area contributed by atoms with Crippen molar-refractivity contribution in [3.8, 4) is 0 Å². The molecule has 0 atom stereocenters. The van der Waals surface area contributed by atoms with Gasteiger partial charge in [-0.3, -0.25) is 4.31 Å². The smallest absolute Gasteiger partial charge is 0.253 e. The van der Waals surface area contributed by atoms with E-state index in [0.717, 1.165) is 4.31 Å². The number of hydrogen-bond donors (Lipinski definition) is 0. The maximum atomic E-state index is 12.5. The van der Waals surface area contributed by atoms with Crippen LogP contribution in [-0.2, 0) is 10.0 Å². The Labute approximate surface area is 128 Å². The Bertz CT molecular complexity index is 690. The van der Waals surface area contributed by atoms with Gasteiger partial charge in [0.2, 0.25) is 0 Å². The van der Waals surface area contributed by atoms with Crippen LogP contribution in [0, 0.1) is 0 Å². The van der Waals surface area contributed by atoms with Crippen molar-refractivity contribution in [2.24, 2.45) is 0 Å². The molecule has 0 unspecified atom stereocenters. The summed E-state index contributed by atoms with van der Waals surface area (Å²) in [6.07, 6.45) is 1.55. The van der Waals surface area contributed by atoms with Gasteiger partial charge in [-0.05, 0) is 46.3 Å². The average Bonchev–Trinajstić information content (AvgIpc) is 2.41. The fourth-order valence-corrected chi connectivity index (χ4v) is 4.10. The van der Waals surface area contributed by atoms with Gasteiger partial charge in [-0.15, -0.1) is 0 Å². The first-order valence-electron chi connectivity index (χ1n) is 5.28. The number of benzene rings is 1. The zero-order valence-corrected chi connectivity index (χ0v) is 13.9. The van der Waals surface area contributed by atoms with Gasteiger partial charge >= 0.3 is 0 Å². The standard InChI is InChI=1S/C12H10Br2N2O2S/c1-16(12-4-2-3-7-15-12)19(17,18)11-8-9(13)5-6-10(11)14/h2-8H,1H3. The molecule has 19 heavy (non-hydrogen) atoms. The van der Waals surface area contributed by atoms with Crippen molar-refractivity contribution in [1.29, 1.82) is 0 Å². The third kappa shape index (κ3) is 2.98. The maximum Gasteiger partial charge on any atom is 0.266 e. The van der Waals surface area contributed by atoms with Crippen LogP contribution in [0.4, 0.5) is 5.82 Å². The lowest BCUT2D eigenvalue weighted by Crippen LogP contribution is -2.27. The lowest BCUT2D eigenvalue weighted by atomic mass is 10.4. The van der Waals surface area contributed by atoms with E-state index in [-0.39, 0.29) is 4.90 Å². The Kier molecular flexibility index (Phi) is 4.27. The Balaban J connectivity index is 2.51. The number of sulfonamides is 1. The van der Waals surface area contributed by atoms with Crippen molar-refractivity contribution >= 4 is 47.7 Å². The molecule has 7 heteroatoms. The van der Waals surface area contributed by atoms with Crippen molar-refractivity contribution in [2.45, 2.75) is 4.90 Å². The molecule has 0 aliphatic rings. The predicted molar refractivity (Wildman–Crippen MR) is 81.7 cm³/mol. The van der Waals surface area contributed by atoms with Crippen molar-refractivity contribution in [3.05, 3.63) is 51.5 Å². The molecule has 0 aliphatic carbocycles. The molecule has 4 nitrogen and oxygen atoms in total. The molecule has 0 radical (unpaired) electrons. The number of nitrogens with zero attached hydrogens (tertiary/aromatic N) is 2. The molecule has 2 rings (SSSR count). The van der Waals surface area contributed by atoms with Gasteiger partial charge in [0.25, 0.3) is 10.0 Å². The molecule has 0 N–H and O–H groups in total. The van der Waals surface area contributed by atoms with E-state index in [9.17, 15) is 8.42 Å². The average molecular weight is 406 g/mol. The maximum absolute atomic E-state index is 12.5. The summed E-state index contributed by atoms with van der Waals surface area (Å²) in [5.74, 6) is 0.370. The van der Waals surface area contributed by atoms with Crippen molar-refractivity contribution < 1.29 is 8.42 Å². The van der Waals surface area contributed by atoms with Gasteiger partial charge in [0.15, 0.2) is 0 Å². The molecule has 0 fully saturated rings. The van der Waals surface area contributed by atoms with Gasteiger partial charge in [0.05, 0.1) is 0 Å². The van der Waals surface area contributed by atoms with Crippen molar-refractivity contribution in [2.75, 3.05) is 11.4 Å². The number of anilines is 1. The third-order valence-corrected chi connectivity index (χ3v) is 5.75. The second-order valence-corrected chi connectivity index (χ2v) is 7.44. The molecule has 0 saturated carbocycles. The monoisotopic (exact) mass is 404 g/mol. The number of halogens is 2. The highest BCUT2D eigenvalue weighted by Crippen LogP contribution is 2.29. The zero-order valence-electron chi connectivity index (χ0n) is 9.92. The minimum absolute atomic E-state index is 0.190. The van der Waals surface area contributed by atoms with E-state index in [1.54, 1.807) is 42.6 Å². The van der Waals surface area contributed by atoms with E-state index >= 15 is 0 Å². The van der Waals surface area contributed by atoms with Crippen LogP contribution in [0.15, 0.2) is 56.4 Å². The summed E-state index contributed by atoms with van der Waals surface area (Å²) in [6, 6.07) is 10.1. The van der Waals surface area contributed by atoms with E-state index in [1.165, 1.54) is 7.05 Å². The summed E-state index contributed by atoms with van der Waals surface area (Å²) in [5.41, 5.74) is 0.